The van der Waals surface area contributed by atoms with Crippen molar-refractivity contribution in [3.63, 3.8) is 0 Å². The van der Waals surface area contributed by atoms with E-state index in [9.17, 15) is 13.2 Å². The first-order valence-electron chi connectivity index (χ1n) is 5.52. The topological polar surface area (TPSA) is 12.0 Å². The van der Waals surface area contributed by atoms with Gasteiger partial charge in [-0.1, -0.05) is 20.8 Å². The van der Waals surface area contributed by atoms with E-state index in [2.05, 4.69) is 26.1 Å². The van der Waals surface area contributed by atoms with Crippen LogP contribution in [0.4, 0.5) is 13.2 Å². The quantitative estimate of drug-likeness (QED) is 0.776. The molecule has 16 heavy (non-hydrogen) atoms. The zero-order valence-corrected chi connectivity index (χ0v) is 11.3. The van der Waals surface area contributed by atoms with Crippen molar-refractivity contribution in [3.05, 3.63) is 0 Å². The number of alkyl halides is 3. The van der Waals surface area contributed by atoms with Crippen molar-refractivity contribution in [2.75, 3.05) is 12.8 Å². The predicted molar refractivity (Wildman–Crippen MR) is 65.0 cm³/mol. The van der Waals surface area contributed by atoms with Crippen LogP contribution in [0.25, 0.3) is 0 Å². The van der Waals surface area contributed by atoms with Crippen LogP contribution >= 0.6 is 11.8 Å². The predicted octanol–water partition coefficient (Wildman–Crippen LogP) is 3.84. The molecule has 0 aromatic rings. The molecular formula is C11H22F3NS. The van der Waals surface area contributed by atoms with Crippen LogP contribution in [-0.2, 0) is 0 Å². The molecule has 1 atom stereocenters. The minimum Gasteiger partial charge on any atom is -0.316 e. The Morgan fingerprint density at radius 1 is 1.19 bits per heavy atom. The fourth-order valence-corrected chi connectivity index (χ4v) is 2.25. The molecule has 0 fully saturated rings. The van der Waals surface area contributed by atoms with Gasteiger partial charge in [0, 0.05) is 23.0 Å². The number of hydrogen-bond acceptors (Lipinski definition) is 2. The Labute approximate surface area is 101 Å². The first kappa shape index (κ1) is 16.1. The van der Waals surface area contributed by atoms with E-state index in [1.807, 2.05) is 7.05 Å². The third kappa shape index (κ3) is 10.6. The van der Waals surface area contributed by atoms with Crippen molar-refractivity contribution in [2.24, 2.45) is 0 Å². The molecule has 1 N–H and O–H groups in total. The maximum absolute atomic E-state index is 12.0. The Kier molecular flexibility index (Phi) is 6.79. The monoisotopic (exact) mass is 257 g/mol. The van der Waals surface area contributed by atoms with E-state index in [1.54, 1.807) is 11.8 Å². The highest BCUT2D eigenvalue weighted by molar-refractivity contribution is 8.00. The molecule has 0 bridgehead atoms. The van der Waals surface area contributed by atoms with E-state index in [1.165, 1.54) is 0 Å². The molecule has 0 aliphatic heterocycles. The summed E-state index contributed by atoms with van der Waals surface area (Å²) >= 11 is 1.78. The molecule has 0 spiro atoms. The van der Waals surface area contributed by atoms with Gasteiger partial charge in [-0.3, -0.25) is 0 Å². The summed E-state index contributed by atoms with van der Waals surface area (Å²) in [6, 6.07) is 0.173. The van der Waals surface area contributed by atoms with E-state index in [-0.39, 0.29) is 17.2 Å². The first-order chi connectivity index (χ1) is 7.14. The fourth-order valence-electron chi connectivity index (χ4n) is 1.21. The molecule has 0 aromatic heterocycles. The molecular weight excluding hydrogens is 235 g/mol. The molecule has 0 amide bonds. The van der Waals surface area contributed by atoms with Gasteiger partial charge >= 0.3 is 6.18 Å². The van der Waals surface area contributed by atoms with Crippen LogP contribution in [0.3, 0.4) is 0 Å². The minimum absolute atomic E-state index is 0.166. The van der Waals surface area contributed by atoms with Crippen molar-refractivity contribution in [1.82, 2.24) is 5.32 Å². The van der Waals surface area contributed by atoms with Crippen LogP contribution in [0.1, 0.15) is 40.0 Å². The highest BCUT2D eigenvalue weighted by Gasteiger charge is 2.26. The molecule has 0 heterocycles. The Morgan fingerprint density at radius 3 is 2.12 bits per heavy atom. The average Bonchev–Trinajstić information content (AvgIpc) is 2.07. The molecule has 0 aliphatic carbocycles. The van der Waals surface area contributed by atoms with Gasteiger partial charge in [0.25, 0.3) is 0 Å². The molecule has 1 nitrogen and oxygen atoms in total. The standard InChI is InChI=1S/C11H22F3NS/c1-10(2,3)16-8-9(15-4)6-5-7-11(12,13)14/h9,15H,5-8H2,1-4H3. The Balaban J connectivity index is 3.76. The van der Waals surface area contributed by atoms with E-state index in [0.717, 1.165) is 5.75 Å². The van der Waals surface area contributed by atoms with Crippen molar-refractivity contribution in [2.45, 2.75) is 57.0 Å². The SMILES string of the molecule is CNC(CCCC(F)(F)F)CSC(C)(C)C. The number of rotatable bonds is 6. The second kappa shape index (κ2) is 6.74. The van der Waals surface area contributed by atoms with Gasteiger partial charge in [0.15, 0.2) is 0 Å². The van der Waals surface area contributed by atoms with Crippen LogP contribution < -0.4 is 5.32 Å². The molecule has 5 heteroatoms. The normalized spacial score (nSPS) is 15.2. The van der Waals surface area contributed by atoms with E-state index in [0.29, 0.717) is 6.42 Å². The van der Waals surface area contributed by atoms with E-state index >= 15 is 0 Å². The Bertz CT molecular complexity index is 187. The summed E-state index contributed by atoms with van der Waals surface area (Å²) in [5.74, 6) is 0.859. The van der Waals surface area contributed by atoms with Gasteiger partial charge in [0.05, 0.1) is 0 Å². The Morgan fingerprint density at radius 2 is 1.75 bits per heavy atom. The lowest BCUT2D eigenvalue weighted by atomic mass is 10.1. The van der Waals surface area contributed by atoms with Crippen LogP contribution in [0.15, 0.2) is 0 Å². The van der Waals surface area contributed by atoms with Gasteiger partial charge in [-0.2, -0.15) is 24.9 Å². The smallest absolute Gasteiger partial charge is 0.316 e. The van der Waals surface area contributed by atoms with Crippen molar-refractivity contribution >= 4 is 11.8 Å². The lowest BCUT2D eigenvalue weighted by Gasteiger charge is -2.22. The third-order valence-corrected chi connectivity index (χ3v) is 3.57. The summed E-state index contributed by atoms with van der Waals surface area (Å²) < 4.78 is 36.0. The van der Waals surface area contributed by atoms with Crippen LogP contribution in [0, 0.1) is 0 Å². The molecule has 98 valence electrons. The van der Waals surface area contributed by atoms with Gasteiger partial charge in [-0.15, -0.1) is 0 Å². The van der Waals surface area contributed by atoms with Crippen LogP contribution in [0.2, 0.25) is 0 Å². The molecule has 0 aromatic carbocycles. The zero-order chi connectivity index (χ0) is 12.8. The fraction of sp³-hybridized carbons (Fsp3) is 1.00. The molecule has 0 saturated carbocycles. The number of hydrogen-bond donors (Lipinski definition) is 1. The highest BCUT2D eigenvalue weighted by Crippen LogP contribution is 2.26. The van der Waals surface area contributed by atoms with Crippen molar-refractivity contribution < 1.29 is 13.2 Å². The van der Waals surface area contributed by atoms with Gasteiger partial charge in [0.2, 0.25) is 0 Å². The average molecular weight is 257 g/mol. The van der Waals surface area contributed by atoms with Crippen molar-refractivity contribution in [1.29, 1.82) is 0 Å². The molecule has 0 rings (SSSR count). The first-order valence-corrected chi connectivity index (χ1v) is 6.50. The molecule has 0 saturated heterocycles. The second-order valence-electron chi connectivity index (χ2n) is 4.92. The number of nitrogens with one attached hydrogen (secondary N) is 1. The molecule has 0 radical (unpaired) electrons. The van der Waals surface area contributed by atoms with Gasteiger partial charge < -0.3 is 5.32 Å². The van der Waals surface area contributed by atoms with E-state index in [4.69, 9.17) is 0 Å². The molecule has 0 aliphatic rings. The zero-order valence-electron chi connectivity index (χ0n) is 10.4. The maximum atomic E-state index is 12.0. The van der Waals surface area contributed by atoms with Gasteiger partial charge in [-0.25, -0.2) is 0 Å². The summed E-state index contributed by atoms with van der Waals surface area (Å²) in [4.78, 5) is 0. The maximum Gasteiger partial charge on any atom is 0.389 e. The van der Waals surface area contributed by atoms with Gasteiger partial charge in [0.1, 0.15) is 0 Å². The summed E-state index contributed by atoms with van der Waals surface area (Å²) in [6.07, 6.45) is -3.90. The second-order valence-corrected chi connectivity index (χ2v) is 6.76. The lowest BCUT2D eigenvalue weighted by molar-refractivity contribution is -0.135. The summed E-state index contributed by atoms with van der Waals surface area (Å²) in [5.41, 5.74) is 0. The minimum atomic E-state index is -4.02. The summed E-state index contributed by atoms with van der Waals surface area (Å²) in [7, 11) is 1.81. The van der Waals surface area contributed by atoms with E-state index < -0.39 is 12.6 Å². The largest absolute Gasteiger partial charge is 0.389 e. The highest BCUT2D eigenvalue weighted by atomic mass is 32.2. The molecule has 1 unspecified atom stereocenters. The van der Waals surface area contributed by atoms with Crippen LogP contribution in [0.5, 0.6) is 0 Å². The Hall–Kier alpha value is 0.100. The number of halogens is 3. The van der Waals surface area contributed by atoms with Crippen molar-refractivity contribution in [3.8, 4) is 0 Å². The summed E-state index contributed by atoms with van der Waals surface area (Å²) in [5, 5.41) is 3.07. The lowest BCUT2D eigenvalue weighted by Crippen LogP contribution is -2.30. The summed E-state index contributed by atoms with van der Waals surface area (Å²) in [6.45, 7) is 6.33. The third-order valence-electron chi connectivity index (χ3n) is 2.14. The van der Waals surface area contributed by atoms with Gasteiger partial charge in [-0.05, 0) is 19.9 Å². The van der Waals surface area contributed by atoms with Crippen LogP contribution in [-0.4, -0.2) is 29.8 Å². The number of thioether (sulfide) groups is 1.